The number of likely N-dealkylation sites (tertiary alicyclic amines) is 1. The lowest BCUT2D eigenvalue weighted by molar-refractivity contribution is -0.0763. The molecule has 4 bridgehead atoms. The van der Waals surface area contributed by atoms with E-state index in [1.807, 2.05) is 0 Å². The summed E-state index contributed by atoms with van der Waals surface area (Å²) in [6.07, 6.45) is 10.3. The Morgan fingerprint density at radius 1 is 0.815 bits per heavy atom. The predicted octanol–water partition coefficient (Wildman–Crippen LogP) is 5.84. The molecule has 0 aromatic carbocycles. The second-order valence-corrected chi connectivity index (χ2v) is 12.7. The molecule has 0 atom stereocenters. The van der Waals surface area contributed by atoms with Gasteiger partial charge in [0, 0.05) is 18.6 Å². The van der Waals surface area contributed by atoms with Gasteiger partial charge in [0.05, 0.1) is 0 Å². The number of hydrogen-bond acceptors (Lipinski definition) is 1. The fourth-order valence-corrected chi connectivity index (χ4v) is 8.29. The third kappa shape index (κ3) is 3.21. The molecular formula is C24H42N2O. The van der Waals surface area contributed by atoms with Gasteiger partial charge in [-0.3, -0.25) is 0 Å². The van der Waals surface area contributed by atoms with Gasteiger partial charge in [-0.15, -0.1) is 0 Å². The van der Waals surface area contributed by atoms with Gasteiger partial charge in [-0.05, 0) is 85.4 Å². The highest BCUT2D eigenvalue weighted by atomic mass is 16.2. The van der Waals surface area contributed by atoms with Crippen LogP contribution in [0.4, 0.5) is 4.79 Å². The Kier molecular flexibility index (Phi) is 4.45. The molecule has 4 saturated carbocycles. The van der Waals surface area contributed by atoms with Gasteiger partial charge in [-0.25, -0.2) is 4.79 Å². The van der Waals surface area contributed by atoms with Crippen molar-refractivity contribution in [1.82, 2.24) is 10.2 Å². The molecule has 27 heavy (non-hydrogen) atoms. The van der Waals surface area contributed by atoms with Crippen molar-refractivity contribution in [3.63, 3.8) is 0 Å². The molecule has 0 aromatic heterocycles. The van der Waals surface area contributed by atoms with Crippen LogP contribution in [0.15, 0.2) is 0 Å². The van der Waals surface area contributed by atoms with Gasteiger partial charge in [0.15, 0.2) is 0 Å². The summed E-state index contributed by atoms with van der Waals surface area (Å²) >= 11 is 0. The largest absolute Gasteiger partial charge is 0.333 e. The topological polar surface area (TPSA) is 32.3 Å². The highest BCUT2D eigenvalue weighted by molar-refractivity contribution is 5.75. The number of carbonyl (C=O) groups excluding carboxylic acids is 1. The number of nitrogens with one attached hydrogen (secondary N) is 1. The van der Waals surface area contributed by atoms with Gasteiger partial charge >= 0.3 is 6.03 Å². The maximum atomic E-state index is 13.2. The highest BCUT2D eigenvalue weighted by Gasteiger charge is 2.54. The molecule has 5 fully saturated rings. The smallest absolute Gasteiger partial charge is 0.317 e. The van der Waals surface area contributed by atoms with E-state index in [1.165, 1.54) is 38.5 Å². The van der Waals surface area contributed by atoms with Crippen molar-refractivity contribution in [3.8, 4) is 0 Å². The molecule has 5 rings (SSSR count). The van der Waals surface area contributed by atoms with Crippen molar-refractivity contribution in [1.29, 1.82) is 0 Å². The molecule has 154 valence electrons. The summed E-state index contributed by atoms with van der Waals surface area (Å²) in [5.74, 6) is 2.65. The second-order valence-electron chi connectivity index (χ2n) is 12.7. The van der Waals surface area contributed by atoms with Crippen LogP contribution in [0.5, 0.6) is 0 Å². The van der Waals surface area contributed by atoms with Gasteiger partial charge in [0.1, 0.15) is 0 Å². The zero-order valence-electron chi connectivity index (χ0n) is 18.7. The normalized spacial score (nSPS) is 38.1. The summed E-state index contributed by atoms with van der Waals surface area (Å²) in [7, 11) is 0. The molecule has 4 aliphatic carbocycles. The third-order valence-electron chi connectivity index (χ3n) is 9.19. The molecule has 1 N–H and O–H groups in total. The lowest BCUT2D eigenvalue weighted by atomic mass is 9.50. The van der Waals surface area contributed by atoms with Crippen molar-refractivity contribution in [2.24, 2.45) is 34.0 Å². The summed E-state index contributed by atoms with van der Waals surface area (Å²) in [6.45, 7) is 16.2. The minimum absolute atomic E-state index is 0.133. The molecule has 5 aliphatic rings. The molecule has 0 aromatic rings. The lowest BCUT2D eigenvalue weighted by Gasteiger charge is -2.59. The van der Waals surface area contributed by atoms with Crippen LogP contribution in [-0.2, 0) is 0 Å². The number of nitrogens with zero attached hydrogens (tertiary/aromatic N) is 1. The monoisotopic (exact) mass is 374 g/mol. The average Bonchev–Trinajstić information content (AvgIpc) is 2.51. The van der Waals surface area contributed by atoms with Crippen LogP contribution in [0.2, 0.25) is 0 Å². The first-order chi connectivity index (χ1) is 12.4. The Bertz CT molecular complexity index is 535. The summed E-state index contributed by atoms with van der Waals surface area (Å²) in [5, 5.41) is 3.59. The quantitative estimate of drug-likeness (QED) is 0.614. The van der Waals surface area contributed by atoms with Crippen LogP contribution < -0.4 is 5.32 Å². The number of rotatable bonds is 1. The van der Waals surface area contributed by atoms with Gasteiger partial charge in [-0.2, -0.15) is 0 Å². The van der Waals surface area contributed by atoms with E-state index in [1.54, 1.807) is 0 Å². The van der Waals surface area contributed by atoms with Crippen LogP contribution in [-0.4, -0.2) is 29.6 Å². The molecule has 3 nitrogen and oxygen atoms in total. The summed E-state index contributed by atoms with van der Waals surface area (Å²) in [4.78, 5) is 15.3. The van der Waals surface area contributed by atoms with Gasteiger partial charge in [0.2, 0.25) is 0 Å². The number of carbonyl (C=O) groups is 1. The number of urea groups is 1. The first-order valence-electron chi connectivity index (χ1n) is 11.5. The summed E-state index contributed by atoms with van der Waals surface area (Å²) in [6, 6.07) is 0.230. The van der Waals surface area contributed by atoms with Crippen molar-refractivity contribution < 1.29 is 4.79 Å². The van der Waals surface area contributed by atoms with Crippen molar-refractivity contribution in [2.75, 3.05) is 13.1 Å². The van der Waals surface area contributed by atoms with Gasteiger partial charge < -0.3 is 10.2 Å². The van der Waals surface area contributed by atoms with E-state index in [9.17, 15) is 4.79 Å². The fraction of sp³-hybridized carbons (Fsp3) is 0.958. The van der Waals surface area contributed by atoms with Crippen LogP contribution in [0.1, 0.15) is 92.9 Å². The number of hydrogen-bond donors (Lipinski definition) is 1. The van der Waals surface area contributed by atoms with Gasteiger partial charge in [-0.1, -0.05) is 41.5 Å². The lowest BCUT2D eigenvalue weighted by Crippen LogP contribution is -2.63. The molecular weight excluding hydrogens is 332 g/mol. The molecule has 0 unspecified atom stereocenters. The molecule has 0 radical (unpaired) electrons. The maximum absolute atomic E-state index is 13.2. The fourth-order valence-electron chi connectivity index (χ4n) is 8.29. The minimum Gasteiger partial charge on any atom is -0.333 e. The van der Waals surface area contributed by atoms with E-state index < -0.39 is 0 Å². The first kappa shape index (κ1) is 19.6. The van der Waals surface area contributed by atoms with Crippen LogP contribution in [0.3, 0.4) is 0 Å². The zero-order valence-corrected chi connectivity index (χ0v) is 18.7. The van der Waals surface area contributed by atoms with E-state index >= 15 is 0 Å². The average molecular weight is 375 g/mol. The highest BCUT2D eigenvalue weighted by Crippen LogP contribution is 2.58. The van der Waals surface area contributed by atoms with E-state index in [4.69, 9.17) is 0 Å². The van der Waals surface area contributed by atoms with E-state index in [0.717, 1.165) is 43.7 Å². The SMILES string of the molecule is CC(C)(C)C1(C(C)(C)C)CCN(C(=O)NC23CC4CC(CC(C4)C2)C3)CC1. The van der Waals surface area contributed by atoms with Crippen molar-refractivity contribution >= 4 is 6.03 Å². The van der Waals surface area contributed by atoms with Crippen LogP contribution >= 0.6 is 0 Å². The third-order valence-corrected chi connectivity index (χ3v) is 9.19. The van der Waals surface area contributed by atoms with E-state index in [0.29, 0.717) is 0 Å². The Morgan fingerprint density at radius 2 is 1.22 bits per heavy atom. The standard InChI is InChI=1S/C24H42N2O/c1-21(2,3)24(22(4,5)6)7-9-26(10-8-24)20(27)25-23-14-17-11-18(15-23)13-19(12-17)16-23/h17-19H,7-16H2,1-6H3,(H,25,27). The Balaban J connectivity index is 1.42. The van der Waals surface area contributed by atoms with Crippen LogP contribution in [0, 0.1) is 34.0 Å². The predicted molar refractivity (Wildman–Crippen MR) is 112 cm³/mol. The Labute approximate surface area is 167 Å². The van der Waals surface area contributed by atoms with Crippen LogP contribution in [0.25, 0.3) is 0 Å². The molecule has 1 saturated heterocycles. The van der Waals surface area contributed by atoms with E-state index in [2.05, 4.69) is 51.8 Å². The maximum Gasteiger partial charge on any atom is 0.317 e. The Morgan fingerprint density at radius 3 is 1.59 bits per heavy atom. The molecule has 1 aliphatic heterocycles. The van der Waals surface area contributed by atoms with E-state index in [-0.39, 0.29) is 27.8 Å². The Hall–Kier alpha value is -0.730. The molecule has 3 heteroatoms. The molecule has 0 spiro atoms. The first-order valence-corrected chi connectivity index (χ1v) is 11.5. The zero-order chi connectivity index (χ0) is 19.7. The van der Waals surface area contributed by atoms with Crippen molar-refractivity contribution in [3.05, 3.63) is 0 Å². The number of piperidine rings is 1. The van der Waals surface area contributed by atoms with Gasteiger partial charge in [0.25, 0.3) is 0 Å². The summed E-state index contributed by atoms with van der Waals surface area (Å²) in [5.41, 5.74) is 0.938. The molecule has 2 amide bonds. The minimum atomic E-state index is 0.133. The van der Waals surface area contributed by atoms with Crippen molar-refractivity contribution in [2.45, 2.75) is 98.4 Å². The number of amides is 2. The molecule has 1 heterocycles. The summed E-state index contributed by atoms with van der Waals surface area (Å²) < 4.78 is 0. The second kappa shape index (κ2) is 6.13.